The van der Waals surface area contributed by atoms with Crippen LogP contribution in [0.3, 0.4) is 0 Å². The zero-order valence-corrected chi connectivity index (χ0v) is 11.1. The first-order valence-corrected chi connectivity index (χ1v) is 6.27. The third-order valence-electron chi connectivity index (χ3n) is 3.64. The molecule has 0 unspecified atom stereocenters. The molecule has 1 fully saturated rings. The Labute approximate surface area is 104 Å². The second-order valence-electron chi connectivity index (χ2n) is 4.66. The van der Waals surface area contributed by atoms with E-state index in [1.165, 1.54) is 0 Å². The van der Waals surface area contributed by atoms with E-state index in [2.05, 4.69) is 15.9 Å². The van der Waals surface area contributed by atoms with E-state index < -0.39 is 11.4 Å². The molecule has 0 aliphatic heterocycles. The van der Waals surface area contributed by atoms with Gasteiger partial charge in [-0.05, 0) is 49.4 Å². The second-order valence-corrected chi connectivity index (χ2v) is 5.51. The predicted octanol–water partition coefficient (Wildman–Crippen LogP) is 3.57. The Morgan fingerprint density at radius 3 is 2.38 bits per heavy atom. The lowest BCUT2D eigenvalue weighted by Crippen LogP contribution is -2.42. The van der Waals surface area contributed by atoms with E-state index in [9.17, 15) is 9.90 Å². The molecule has 0 bridgehead atoms. The van der Waals surface area contributed by atoms with Gasteiger partial charge in [0, 0.05) is 4.47 Å². The summed E-state index contributed by atoms with van der Waals surface area (Å²) in [4.78, 5) is 11.4. The Hall–Kier alpha value is -0.830. The normalized spacial score (nSPS) is 17.9. The van der Waals surface area contributed by atoms with Crippen molar-refractivity contribution in [1.82, 2.24) is 0 Å². The van der Waals surface area contributed by atoms with Gasteiger partial charge in [0.05, 0.1) is 5.41 Å². The van der Waals surface area contributed by atoms with Crippen LogP contribution in [0, 0.1) is 13.8 Å². The summed E-state index contributed by atoms with van der Waals surface area (Å²) in [5.74, 6) is -0.677. The SMILES string of the molecule is Cc1cc(C2(C(=O)O)CCC2)c(C)cc1Br. The molecule has 16 heavy (non-hydrogen) atoms. The van der Waals surface area contributed by atoms with Crippen molar-refractivity contribution in [3.05, 3.63) is 33.3 Å². The van der Waals surface area contributed by atoms with E-state index in [0.29, 0.717) is 0 Å². The molecule has 0 radical (unpaired) electrons. The summed E-state index contributed by atoms with van der Waals surface area (Å²) in [6, 6.07) is 4.04. The average Bonchev–Trinajstić information content (AvgIpc) is 2.11. The molecule has 0 amide bonds. The number of carboxylic acids is 1. The fourth-order valence-corrected chi connectivity index (χ4v) is 2.88. The van der Waals surface area contributed by atoms with Gasteiger partial charge in [-0.25, -0.2) is 0 Å². The summed E-state index contributed by atoms with van der Waals surface area (Å²) < 4.78 is 1.05. The summed E-state index contributed by atoms with van der Waals surface area (Å²) in [6.45, 7) is 3.99. The number of carbonyl (C=O) groups is 1. The lowest BCUT2D eigenvalue weighted by Gasteiger charge is -2.39. The van der Waals surface area contributed by atoms with Crippen molar-refractivity contribution in [2.45, 2.75) is 38.5 Å². The minimum atomic E-state index is -0.677. The standard InChI is InChI=1S/C13H15BrO2/c1-8-7-11(14)9(2)6-10(8)13(12(15)16)4-3-5-13/h6-7H,3-5H2,1-2H3,(H,15,16). The van der Waals surface area contributed by atoms with Crippen LogP contribution in [0.15, 0.2) is 16.6 Å². The van der Waals surface area contributed by atoms with Gasteiger partial charge in [0.1, 0.15) is 0 Å². The highest BCUT2D eigenvalue weighted by atomic mass is 79.9. The topological polar surface area (TPSA) is 37.3 Å². The highest BCUT2D eigenvalue weighted by Crippen LogP contribution is 2.46. The molecule has 1 aromatic carbocycles. The van der Waals surface area contributed by atoms with Crippen LogP contribution in [0.5, 0.6) is 0 Å². The Bertz CT molecular complexity index is 447. The van der Waals surface area contributed by atoms with Gasteiger partial charge in [0.2, 0.25) is 0 Å². The maximum Gasteiger partial charge on any atom is 0.314 e. The van der Waals surface area contributed by atoms with Crippen LogP contribution in [0.4, 0.5) is 0 Å². The van der Waals surface area contributed by atoms with Gasteiger partial charge >= 0.3 is 5.97 Å². The summed E-state index contributed by atoms with van der Waals surface area (Å²) in [5, 5.41) is 9.41. The van der Waals surface area contributed by atoms with E-state index >= 15 is 0 Å². The van der Waals surface area contributed by atoms with E-state index in [4.69, 9.17) is 0 Å². The van der Waals surface area contributed by atoms with Crippen LogP contribution >= 0.6 is 15.9 Å². The molecule has 0 aromatic heterocycles. The molecular formula is C13H15BrO2. The first-order chi connectivity index (χ1) is 7.47. The van der Waals surface area contributed by atoms with Crippen molar-refractivity contribution in [2.75, 3.05) is 0 Å². The molecule has 2 nitrogen and oxygen atoms in total. The fourth-order valence-electron chi connectivity index (χ4n) is 2.43. The number of hydrogen-bond acceptors (Lipinski definition) is 1. The molecule has 0 saturated heterocycles. The molecule has 1 saturated carbocycles. The molecular weight excluding hydrogens is 268 g/mol. The van der Waals surface area contributed by atoms with Crippen LogP contribution in [0.1, 0.15) is 36.0 Å². The van der Waals surface area contributed by atoms with Gasteiger partial charge in [-0.3, -0.25) is 4.79 Å². The maximum atomic E-state index is 11.4. The maximum absolute atomic E-state index is 11.4. The van der Waals surface area contributed by atoms with Gasteiger partial charge < -0.3 is 5.11 Å². The molecule has 1 N–H and O–H groups in total. The van der Waals surface area contributed by atoms with Gasteiger partial charge in [0.15, 0.2) is 0 Å². The quantitative estimate of drug-likeness (QED) is 0.900. The minimum Gasteiger partial charge on any atom is -0.481 e. The molecule has 86 valence electrons. The summed E-state index contributed by atoms with van der Waals surface area (Å²) >= 11 is 3.48. The lowest BCUT2D eigenvalue weighted by atomic mass is 9.63. The molecule has 1 aliphatic carbocycles. The van der Waals surface area contributed by atoms with Gasteiger partial charge in [-0.2, -0.15) is 0 Å². The molecule has 1 aliphatic rings. The number of aryl methyl sites for hydroxylation is 2. The number of halogens is 1. The fraction of sp³-hybridized carbons (Fsp3) is 0.462. The molecule has 3 heteroatoms. The van der Waals surface area contributed by atoms with Crippen molar-refractivity contribution in [3.8, 4) is 0 Å². The third-order valence-corrected chi connectivity index (χ3v) is 4.49. The largest absolute Gasteiger partial charge is 0.481 e. The Balaban J connectivity index is 2.55. The van der Waals surface area contributed by atoms with Gasteiger partial charge in [0.25, 0.3) is 0 Å². The Morgan fingerprint density at radius 2 is 1.94 bits per heavy atom. The summed E-state index contributed by atoms with van der Waals surface area (Å²) in [6.07, 6.45) is 2.55. The predicted molar refractivity (Wildman–Crippen MR) is 66.8 cm³/mol. The van der Waals surface area contributed by atoms with Crippen molar-refractivity contribution in [1.29, 1.82) is 0 Å². The van der Waals surface area contributed by atoms with E-state index in [0.717, 1.165) is 40.4 Å². The summed E-state index contributed by atoms with van der Waals surface area (Å²) in [7, 11) is 0. The highest BCUT2D eigenvalue weighted by Gasteiger charge is 2.46. The number of benzene rings is 1. The highest BCUT2D eigenvalue weighted by molar-refractivity contribution is 9.10. The minimum absolute atomic E-state index is 0.616. The van der Waals surface area contributed by atoms with Crippen LogP contribution in [0.2, 0.25) is 0 Å². The molecule has 0 spiro atoms. The smallest absolute Gasteiger partial charge is 0.314 e. The van der Waals surface area contributed by atoms with Crippen LogP contribution in [-0.2, 0) is 10.2 Å². The number of aliphatic carboxylic acids is 1. The first-order valence-electron chi connectivity index (χ1n) is 5.48. The second kappa shape index (κ2) is 3.88. The molecule has 0 atom stereocenters. The zero-order chi connectivity index (χ0) is 11.9. The number of hydrogen-bond donors (Lipinski definition) is 1. The first kappa shape index (κ1) is 11.6. The average molecular weight is 283 g/mol. The molecule has 1 aromatic rings. The van der Waals surface area contributed by atoms with Crippen molar-refractivity contribution in [3.63, 3.8) is 0 Å². The van der Waals surface area contributed by atoms with Gasteiger partial charge in [-0.15, -0.1) is 0 Å². The van der Waals surface area contributed by atoms with Crippen molar-refractivity contribution in [2.24, 2.45) is 0 Å². The molecule has 0 heterocycles. The van der Waals surface area contributed by atoms with Crippen LogP contribution < -0.4 is 0 Å². The monoisotopic (exact) mass is 282 g/mol. The lowest BCUT2D eigenvalue weighted by molar-refractivity contribution is -0.147. The van der Waals surface area contributed by atoms with E-state index in [1.54, 1.807) is 0 Å². The zero-order valence-electron chi connectivity index (χ0n) is 9.51. The number of carboxylic acid groups (broad SMARTS) is 1. The third kappa shape index (κ3) is 1.58. The van der Waals surface area contributed by atoms with Gasteiger partial charge in [-0.1, -0.05) is 28.4 Å². The van der Waals surface area contributed by atoms with E-state index in [1.807, 2.05) is 26.0 Å². The van der Waals surface area contributed by atoms with Crippen LogP contribution in [-0.4, -0.2) is 11.1 Å². The van der Waals surface area contributed by atoms with Crippen molar-refractivity contribution < 1.29 is 9.90 Å². The van der Waals surface area contributed by atoms with Crippen LogP contribution in [0.25, 0.3) is 0 Å². The van der Waals surface area contributed by atoms with Crippen molar-refractivity contribution >= 4 is 21.9 Å². The summed E-state index contributed by atoms with van der Waals surface area (Å²) in [5.41, 5.74) is 2.55. The molecule has 2 rings (SSSR count). The van der Waals surface area contributed by atoms with E-state index in [-0.39, 0.29) is 0 Å². The Kier molecular flexibility index (Phi) is 2.82. The Morgan fingerprint density at radius 1 is 1.31 bits per heavy atom. The number of rotatable bonds is 2.